The van der Waals surface area contributed by atoms with E-state index >= 15 is 0 Å². The second-order valence-electron chi connectivity index (χ2n) is 1.97. The standard InChI is InChI=1S/C6H3N5S/c7-1-12-6-4-5(9-2-8-4)10-3-11-6/h2-3H,(H,8,9,10,11). The number of nitrogens with zero attached hydrogens (tertiary/aromatic N) is 4. The highest BCUT2D eigenvalue weighted by atomic mass is 32.2. The van der Waals surface area contributed by atoms with Crippen molar-refractivity contribution < 1.29 is 0 Å². The topological polar surface area (TPSA) is 78.2 Å². The lowest BCUT2D eigenvalue weighted by Gasteiger charge is -1.90. The van der Waals surface area contributed by atoms with Crippen LogP contribution in [0.25, 0.3) is 11.2 Å². The Balaban J connectivity index is 2.67. The van der Waals surface area contributed by atoms with Crippen LogP contribution in [0.4, 0.5) is 0 Å². The van der Waals surface area contributed by atoms with Crippen LogP contribution >= 0.6 is 11.8 Å². The number of imidazole rings is 1. The molecule has 1 N–H and O–H groups in total. The minimum atomic E-state index is 0.587. The Morgan fingerprint density at radius 2 is 2.33 bits per heavy atom. The van der Waals surface area contributed by atoms with Crippen LogP contribution in [-0.4, -0.2) is 19.9 Å². The lowest BCUT2D eigenvalue weighted by atomic mass is 10.6. The number of nitrogens with one attached hydrogen (secondary N) is 1. The number of H-pyrrole nitrogens is 1. The Morgan fingerprint density at radius 1 is 1.42 bits per heavy atom. The summed E-state index contributed by atoms with van der Waals surface area (Å²) in [6.45, 7) is 0. The zero-order valence-corrected chi connectivity index (χ0v) is 6.67. The minimum absolute atomic E-state index is 0.587. The van der Waals surface area contributed by atoms with Crippen molar-refractivity contribution >= 4 is 22.9 Å². The monoisotopic (exact) mass is 177 g/mol. The maximum atomic E-state index is 8.43. The quantitative estimate of drug-likeness (QED) is 0.398. The zero-order chi connectivity index (χ0) is 8.39. The summed E-state index contributed by atoms with van der Waals surface area (Å²) in [4.78, 5) is 14.7. The van der Waals surface area contributed by atoms with E-state index in [1.165, 1.54) is 12.7 Å². The fraction of sp³-hybridized carbons (Fsp3) is 0. The fourth-order valence-electron chi connectivity index (χ4n) is 0.860. The van der Waals surface area contributed by atoms with Crippen LogP contribution in [-0.2, 0) is 0 Å². The number of aromatic amines is 1. The maximum Gasteiger partial charge on any atom is 0.161 e. The molecule has 0 aliphatic rings. The predicted molar refractivity (Wildman–Crippen MR) is 43.2 cm³/mol. The summed E-state index contributed by atoms with van der Waals surface area (Å²) in [5, 5.41) is 11.0. The number of rotatable bonds is 1. The molecule has 0 bridgehead atoms. The van der Waals surface area contributed by atoms with Crippen LogP contribution in [0.1, 0.15) is 0 Å². The van der Waals surface area contributed by atoms with Gasteiger partial charge in [0, 0.05) is 11.8 Å². The van der Waals surface area contributed by atoms with E-state index in [9.17, 15) is 0 Å². The predicted octanol–water partition coefficient (Wildman–Crippen LogP) is 0.926. The highest BCUT2D eigenvalue weighted by Gasteiger charge is 2.04. The van der Waals surface area contributed by atoms with Gasteiger partial charge in [0.2, 0.25) is 0 Å². The third-order valence-corrected chi connectivity index (χ3v) is 1.91. The molecule has 2 rings (SSSR count). The number of thioether (sulfide) groups is 1. The first-order valence-electron chi connectivity index (χ1n) is 3.12. The van der Waals surface area contributed by atoms with Crippen molar-refractivity contribution in [2.75, 3.05) is 0 Å². The van der Waals surface area contributed by atoms with Gasteiger partial charge in [0.15, 0.2) is 5.65 Å². The third kappa shape index (κ3) is 1.00. The smallest absolute Gasteiger partial charge is 0.161 e. The summed E-state index contributed by atoms with van der Waals surface area (Å²) >= 11 is 0.981. The minimum Gasteiger partial charge on any atom is -0.329 e. The van der Waals surface area contributed by atoms with E-state index in [1.807, 2.05) is 5.40 Å². The molecule has 0 aromatic carbocycles. The first-order chi connectivity index (χ1) is 5.92. The van der Waals surface area contributed by atoms with Gasteiger partial charge in [-0.05, 0) is 0 Å². The summed E-state index contributed by atoms with van der Waals surface area (Å²) in [7, 11) is 0. The van der Waals surface area contributed by atoms with Crippen molar-refractivity contribution in [2.45, 2.75) is 5.03 Å². The normalized spacial score (nSPS) is 9.92. The van der Waals surface area contributed by atoms with Crippen LogP contribution in [0.15, 0.2) is 17.7 Å². The first kappa shape index (κ1) is 7.06. The lowest BCUT2D eigenvalue weighted by Crippen LogP contribution is -1.83. The number of thiocyanates is 1. The van der Waals surface area contributed by atoms with E-state index in [-0.39, 0.29) is 0 Å². The molecule has 0 amide bonds. The molecule has 0 atom stereocenters. The summed E-state index contributed by atoms with van der Waals surface area (Å²) in [5.41, 5.74) is 1.30. The van der Waals surface area contributed by atoms with Crippen LogP contribution in [0.2, 0.25) is 0 Å². The van der Waals surface area contributed by atoms with Gasteiger partial charge in [-0.3, -0.25) is 0 Å². The van der Waals surface area contributed by atoms with Gasteiger partial charge < -0.3 is 4.98 Å². The Labute approximate surface area is 71.9 Å². The Hall–Kier alpha value is -1.61. The summed E-state index contributed by atoms with van der Waals surface area (Å²) in [5.74, 6) is 0. The summed E-state index contributed by atoms with van der Waals surface area (Å²) in [6.07, 6.45) is 2.93. The molecule has 0 radical (unpaired) electrons. The number of hydrogen-bond donors (Lipinski definition) is 1. The largest absolute Gasteiger partial charge is 0.329 e. The molecule has 5 nitrogen and oxygen atoms in total. The Kier molecular flexibility index (Phi) is 1.64. The van der Waals surface area contributed by atoms with E-state index in [2.05, 4.69) is 19.9 Å². The first-order valence-corrected chi connectivity index (χ1v) is 3.93. The van der Waals surface area contributed by atoms with Crippen LogP contribution in [0.3, 0.4) is 0 Å². The second kappa shape index (κ2) is 2.79. The van der Waals surface area contributed by atoms with E-state index < -0.39 is 0 Å². The molecule has 6 heteroatoms. The van der Waals surface area contributed by atoms with Gasteiger partial charge in [-0.25, -0.2) is 15.0 Å². The van der Waals surface area contributed by atoms with Crippen molar-refractivity contribution in [3.8, 4) is 5.40 Å². The van der Waals surface area contributed by atoms with Crippen molar-refractivity contribution in [3.05, 3.63) is 12.7 Å². The molecule has 0 spiro atoms. The second-order valence-corrected chi connectivity index (χ2v) is 2.75. The molecule has 0 aliphatic carbocycles. The van der Waals surface area contributed by atoms with Gasteiger partial charge in [-0.2, -0.15) is 5.26 Å². The maximum absolute atomic E-state index is 8.43. The SMILES string of the molecule is N#CSc1ncnc2[nH]cnc12. The van der Waals surface area contributed by atoms with Crippen molar-refractivity contribution in [3.63, 3.8) is 0 Å². The third-order valence-electron chi connectivity index (χ3n) is 1.33. The Bertz CT molecular complexity index is 442. The molecule has 12 heavy (non-hydrogen) atoms. The van der Waals surface area contributed by atoms with Gasteiger partial charge in [-0.15, -0.1) is 0 Å². The van der Waals surface area contributed by atoms with Crippen LogP contribution < -0.4 is 0 Å². The van der Waals surface area contributed by atoms with E-state index in [4.69, 9.17) is 5.26 Å². The van der Waals surface area contributed by atoms with Gasteiger partial charge in [0.1, 0.15) is 22.3 Å². The van der Waals surface area contributed by atoms with E-state index in [0.29, 0.717) is 16.2 Å². The molecule has 0 unspecified atom stereocenters. The summed E-state index contributed by atoms with van der Waals surface area (Å²) < 4.78 is 0. The van der Waals surface area contributed by atoms with Gasteiger partial charge >= 0.3 is 0 Å². The van der Waals surface area contributed by atoms with E-state index in [1.54, 1.807) is 0 Å². The molecule has 2 heterocycles. The molecule has 2 aromatic rings. The number of aromatic nitrogens is 4. The van der Waals surface area contributed by atoms with Crippen molar-refractivity contribution in [1.82, 2.24) is 19.9 Å². The molecule has 0 aliphatic heterocycles. The molecule has 58 valence electrons. The average molecular weight is 177 g/mol. The molecule has 2 aromatic heterocycles. The van der Waals surface area contributed by atoms with Crippen LogP contribution in [0.5, 0.6) is 0 Å². The number of fused-ring (bicyclic) bond motifs is 1. The molecule has 0 fully saturated rings. The van der Waals surface area contributed by atoms with Crippen molar-refractivity contribution in [2.24, 2.45) is 0 Å². The molecular weight excluding hydrogens is 174 g/mol. The van der Waals surface area contributed by atoms with E-state index in [0.717, 1.165) is 11.8 Å². The highest BCUT2D eigenvalue weighted by molar-refractivity contribution is 8.03. The van der Waals surface area contributed by atoms with Gasteiger partial charge in [0.05, 0.1) is 6.33 Å². The molecule has 0 saturated carbocycles. The Morgan fingerprint density at radius 3 is 3.17 bits per heavy atom. The summed E-state index contributed by atoms with van der Waals surface area (Å²) in [6, 6.07) is 0. The fourth-order valence-corrected chi connectivity index (χ4v) is 1.29. The number of nitriles is 1. The van der Waals surface area contributed by atoms with Crippen LogP contribution in [0, 0.1) is 10.7 Å². The zero-order valence-electron chi connectivity index (χ0n) is 5.85. The lowest BCUT2D eigenvalue weighted by molar-refractivity contribution is 1.09. The van der Waals surface area contributed by atoms with Gasteiger partial charge in [0.25, 0.3) is 0 Å². The number of hydrogen-bond acceptors (Lipinski definition) is 5. The van der Waals surface area contributed by atoms with Crippen molar-refractivity contribution in [1.29, 1.82) is 5.26 Å². The highest BCUT2D eigenvalue weighted by Crippen LogP contribution is 2.19. The molecular formula is C6H3N5S. The van der Waals surface area contributed by atoms with Gasteiger partial charge in [-0.1, -0.05) is 0 Å². The average Bonchev–Trinajstić information content (AvgIpc) is 2.53. The molecule has 0 saturated heterocycles.